The van der Waals surface area contributed by atoms with Gasteiger partial charge in [-0.05, 0) is 18.4 Å². The van der Waals surface area contributed by atoms with Crippen molar-refractivity contribution in [3.05, 3.63) is 47.2 Å². The van der Waals surface area contributed by atoms with E-state index in [0.717, 1.165) is 62.9 Å². The Morgan fingerprint density at radius 1 is 1.21 bits per heavy atom. The van der Waals surface area contributed by atoms with Crippen molar-refractivity contribution >= 4 is 17.7 Å². The van der Waals surface area contributed by atoms with E-state index in [1.165, 1.54) is 11.1 Å². The van der Waals surface area contributed by atoms with Gasteiger partial charge in [-0.2, -0.15) is 4.98 Å². The lowest BCUT2D eigenvalue weighted by molar-refractivity contribution is -0.122. The second kappa shape index (κ2) is 8.37. The fourth-order valence-electron chi connectivity index (χ4n) is 4.28. The molecule has 1 saturated heterocycles. The van der Waals surface area contributed by atoms with Crippen LogP contribution in [0.15, 0.2) is 30.3 Å². The van der Waals surface area contributed by atoms with Gasteiger partial charge in [-0.15, -0.1) is 0 Å². The molecule has 0 unspecified atom stereocenters. The van der Waals surface area contributed by atoms with Crippen molar-refractivity contribution in [3.8, 4) is 0 Å². The van der Waals surface area contributed by atoms with Crippen LogP contribution in [0.1, 0.15) is 29.7 Å². The average Bonchev–Trinajstić information content (AvgIpc) is 2.73. The number of nitrogens with zero attached hydrogens (tertiary/aromatic N) is 5. The lowest BCUT2D eigenvalue weighted by atomic mass is 9.96. The summed E-state index contributed by atoms with van der Waals surface area (Å²) in [5.74, 6) is 1.39. The van der Waals surface area contributed by atoms with Gasteiger partial charge in [-0.3, -0.25) is 9.69 Å². The Labute approximate surface area is 172 Å². The molecule has 0 aliphatic carbocycles. The van der Waals surface area contributed by atoms with Gasteiger partial charge in [0.15, 0.2) is 0 Å². The summed E-state index contributed by atoms with van der Waals surface area (Å²) >= 11 is 0. The summed E-state index contributed by atoms with van der Waals surface area (Å²) in [6.45, 7) is 4.27. The molecule has 2 N–H and O–H groups in total. The normalized spacial score (nSPS) is 19.7. The minimum atomic E-state index is -0.212. The maximum Gasteiger partial charge on any atom is 0.227 e. The minimum Gasteiger partial charge on any atom is -0.369 e. The van der Waals surface area contributed by atoms with Gasteiger partial charge in [0, 0.05) is 58.8 Å². The zero-order valence-electron chi connectivity index (χ0n) is 17.3. The molecule has 1 atom stereocenters. The summed E-state index contributed by atoms with van der Waals surface area (Å²) < 4.78 is 0. The molecule has 1 aromatic carbocycles. The van der Waals surface area contributed by atoms with E-state index in [0.29, 0.717) is 6.54 Å². The maximum atomic E-state index is 11.8. The van der Waals surface area contributed by atoms with Crippen LogP contribution in [0.3, 0.4) is 0 Å². The molecular formula is C22H30N6O. The van der Waals surface area contributed by atoms with Crippen molar-refractivity contribution in [2.24, 2.45) is 11.7 Å². The number of nitrogens with two attached hydrogens (primary N) is 1. The molecule has 29 heavy (non-hydrogen) atoms. The second-order valence-corrected chi connectivity index (χ2v) is 8.30. The lowest BCUT2D eigenvalue weighted by Gasteiger charge is -2.36. The van der Waals surface area contributed by atoms with Crippen molar-refractivity contribution in [2.75, 3.05) is 43.5 Å². The van der Waals surface area contributed by atoms with Crippen molar-refractivity contribution < 1.29 is 4.79 Å². The third kappa shape index (κ3) is 4.34. The topological polar surface area (TPSA) is 78.6 Å². The van der Waals surface area contributed by atoms with E-state index in [9.17, 15) is 4.79 Å². The van der Waals surface area contributed by atoms with Gasteiger partial charge in [0.1, 0.15) is 5.82 Å². The molecule has 1 amide bonds. The number of hydrogen-bond donors (Lipinski definition) is 1. The molecule has 7 heteroatoms. The van der Waals surface area contributed by atoms with Crippen molar-refractivity contribution in [1.29, 1.82) is 0 Å². The van der Waals surface area contributed by atoms with E-state index in [1.54, 1.807) is 0 Å². The quantitative estimate of drug-likeness (QED) is 0.833. The first-order chi connectivity index (χ1) is 14.0. The standard InChI is InChI=1S/C22H30N6O/c1-26(2)22-24-19-10-12-27(13-16-7-4-3-5-8-16)15-18(19)21(25-22)28-11-6-9-17(14-28)20(23)29/h3-5,7-8,17H,6,9-15H2,1-2H3,(H2,23,29)/t17-/m0/s1. The monoisotopic (exact) mass is 394 g/mol. The van der Waals surface area contributed by atoms with Gasteiger partial charge < -0.3 is 15.5 Å². The molecule has 2 aromatic rings. The molecule has 1 fully saturated rings. The molecule has 7 nitrogen and oxygen atoms in total. The number of anilines is 2. The zero-order chi connectivity index (χ0) is 20.4. The Hall–Kier alpha value is -2.67. The number of fused-ring (bicyclic) bond motifs is 1. The highest BCUT2D eigenvalue weighted by molar-refractivity contribution is 5.77. The Morgan fingerprint density at radius 2 is 2.00 bits per heavy atom. The second-order valence-electron chi connectivity index (χ2n) is 8.30. The van der Waals surface area contributed by atoms with Gasteiger partial charge in [0.2, 0.25) is 11.9 Å². The van der Waals surface area contributed by atoms with Crippen LogP contribution < -0.4 is 15.5 Å². The number of hydrogen-bond acceptors (Lipinski definition) is 6. The molecule has 0 radical (unpaired) electrons. The van der Waals surface area contributed by atoms with Crippen LogP contribution in [0.5, 0.6) is 0 Å². The van der Waals surface area contributed by atoms with Gasteiger partial charge in [0.25, 0.3) is 0 Å². The smallest absolute Gasteiger partial charge is 0.227 e. The molecular weight excluding hydrogens is 364 g/mol. The van der Waals surface area contributed by atoms with Crippen molar-refractivity contribution in [2.45, 2.75) is 32.4 Å². The fourth-order valence-corrected chi connectivity index (χ4v) is 4.28. The van der Waals surface area contributed by atoms with E-state index < -0.39 is 0 Å². The van der Waals surface area contributed by atoms with Crippen LogP contribution in [-0.4, -0.2) is 54.5 Å². The molecule has 4 rings (SSSR count). The third-order valence-corrected chi connectivity index (χ3v) is 5.88. The first-order valence-electron chi connectivity index (χ1n) is 10.4. The number of rotatable bonds is 5. The number of aromatic nitrogens is 2. The molecule has 0 bridgehead atoms. The van der Waals surface area contributed by atoms with Gasteiger partial charge >= 0.3 is 0 Å². The Balaban J connectivity index is 1.64. The zero-order valence-corrected chi connectivity index (χ0v) is 17.3. The van der Waals surface area contributed by atoms with Crippen LogP contribution in [-0.2, 0) is 24.3 Å². The highest BCUT2D eigenvalue weighted by Crippen LogP contribution is 2.31. The van der Waals surface area contributed by atoms with Gasteiger partial charge in [-0.25, -0.2) is 4.98 Å². The van der Waals surface area contributed by atoms with E-state index in [1.807, 2.05) is 19.0 Å². The lowest BCUT2D eigenvalue weighted by Crippen LogP contribution is -2.43. The SMILES string of the molecule is CN(C)c1nc2c(c(N3CCC[C@H](C(N)=O)C3)n1)CN(Cc1ccccc1)CC2. The van der Waals surface area contributed by atoms with E-state index in [4.69, 9.17) is 15.7 Å². The number of carbonyl (C=O) groups is 1. The number of piperidine rings is 1. The molecule has 2 aliphatic rings. The summed E-state index contributed by atoms with van der Waals surface area (Å²) in [4.78, 5) is 28.2. The molecule has 0 saturated carbocycles. The summed E-state index contributed by atoms with van der Waals surface area (Å²) in [6.07, 6.45) is 2.73. The number of amides is 1. The largest absolute Gasteiger partial charge is 0.369 e. The number of benzene rings is 1. The fraction of sp³-hybridized carbons (Fsp3) is 0.500. The first kappa shape index (κ1) is 19.6. The van der Waals surface area contributed by atoms with Crippen molar-refractivity contribution in [1.82, 2.24) is 14.9 Å². The van der Waals surface area contributed by atoms with Crippen LogP contribution >= 0.6 is 0 Å². The Bertz CT molecular complexity index is 869. The summed E-state index contributed by atoms with van der Waals surface area (Å²) in [7, 11) is 3.94. The highest BCUT2D eigenvalue weighted by Gasteiger charge is 2.30. The summed E-state index contributed by atoms with van der Waals surface area (Å²) in [6, 6.07) is 10.6. The molecule has 3 heterocycles. The minimum absolute atomic E-state index is 0.110. The van der Waals surface area contributed by atoms with E-state index >= 15 is 0 Å². The molecule has 1 aromatic heterocycles. The maximum absolute atomic E-state index is 11.8. The Kier molecular flexibility index (Phi) is 5.67. The van der Waals surface area contributed by atoms with Crippen molar-refractivity contribution in [3.63, 3.8) is 0 Å². The molecule has 0 spiro atoms. The number of primary amides is 1. The average molecular weight is 395 g/mol. The van der Waals surface area contributed by atoms with E-state index in [2.05, 4.69) is 40.1 Å². The predicted molar refractivity (Wildman–Crippen MR) is 115 cm³/mol. The van der Waals surface area contributed by atoms with Crippen LogP contribution in [0.2, 0.25) is 0 Å². The summed E-state index contributed by atoms with van der Waals surface area (Å²) in [5, 5.41) is 0. The molecule has 154 valence electrons. The van der Waals surface area contributed by atoms with Crippen LogP contribution in [0, 0.1) is 5.92 Å². The third-order valence-electron chi connectivity index (χ3n) is 5.88. The van der Waals surface area contributed by atoms with Crippen LogP contribution in [0.25, 0.3) is 0 Å². The molecule has 2 aliphatic heterocycles. The highest BCUT2D eigenvalue weighted by atomic mass is 16.1. The van der Waals surface area contributed by atoms with E-state index in [-0.39, 0.29) is 11.8 Å². The first-order valence-corrected chi connectivity index (χ1v) is 10.4. The van der Waals surface area contributed by atoms with Gasteiger partial charge in [-0.1, -0.05) is 30.3 Å². The predicted octanol–water partition coefficient (Wildman–Crippen LogP) is 1.80. The summed E-state index contributed by atoms with van der Waals surface area (Å²) in [5.41, 5.74) is 9.26. The number of carbonyl (C=O) groups excluding carboxylic acids is 1. The Morgan fingerprint density at radius 3 is 2.72 bits per heavy atom. The van der Waals surface area contributed by atoms with Gasteiger partial charge in [0.05, 0.1) is 11.6 Å². The van der Waals surface area contributed by atoms with Crippen LogP contribution in [0.4, 0.5) is 11.8 Å².